The highest BCUT2D eigenvalue weighted by Crippen LogP contribution is 2.11. The van der Waals surface area contributed by atoms with Gasteiger partial charge in [-0.25, -0.2) is 0 Å². The van der Waals surface area contributed by atoms with Crippen molar-refractivity contribution in [3.63, 3.8) is 0 Å². The van der Waals surface area contributed by atoms with Gasteiger partial charge >= 0.3 is 11.9 Å². The van der Waals surface area contributed by atoms with Crippen LogP contribution >= 0.6 is 0 Å². The highest BCUT2D eigenvalue weighted by molar-refractivity contribution is 7.87. The van der Waals surface area contributed by atoms with Crippen LogP contribution in [0.3, 0.4) is 0 Å². The van der Waals surface area contributed by atoms with Gasteiger partial charge in [-0.3, -0.25) is 14.1 Å². The highest BCUT2D eigenvalue weighted by atomic mass is 32.2. The van der Waals surface area contributed by atoms with Gasteiger partial charge < -0.3 is 9.84 Å². The van der Waals surface area contributed by atoms with Crippen LogP contribution in [0.1, 0.15) is 58.8 Å². The number of carbonyl (C=O) groups excluding carboxylic acids is 1. The number of aliphatic carboxylic acids is 1. The third-order valence-corrected chi connectivity index (χ3v) is 4.23. The summed E-state index contributed by atoms with van der Waals surface area (Å²) in [5.74, 6) is -2.03. The van der Waals surface area contributed by atoms with Gasteiger partial charge in [-0.1, -0.05) is 46.0 Å². The second-order valence-corrected chi connectivity index (χ2v) is 7.32. The standard InChI is InChI=1S/C14H26O7S/c1-11(2)8-6-4-3-5-7-9-21-14(17)12(10-13(15)16)22(18,19)20/h11-12H,3-10H2,1-2H3,(H,15,16)(H,18,19,20). The fourth-order valence-electron chi connectivity index (χ4n) is 1.92. The molecule has 0 aliphatic carbocycles. The molecule has 0 aliphatic rings. The Labute approximate surface area is 131 Å². The molecule has 0 amide bonds. The van der Waals surface area contributed by atoms with E-state index >= 15 is 0 Å². The van der Waals surface area contributed by atoms with E-state index in [-0.39, 0.29) is 6.61 Å². The first-order valence-electron chi connectivity index (χ1n) is 7.49. The van der Waals surface area contributed by atoms with Crippen molar-refractivity contribution in [1.29, 1.82) is 0 Å². The number of hydrogen-bond acceptors (Lipinski definition) is 5. The summed E-state index contributed by atoms with van der Waals surface area (Å²) in [6.07, 6.45) is 4.85. The number of carboxylic acids is 1. The quantitative estimate of drug-likeness (QED) is 0.318. The Morgan fingerprint density at radius 3 is 2.09 bits per heavy atom. The average Bonchev–Trinajstić information content (AvgIpc) is 2.37. The summed E-state index contributed by atoms with van der Waals surface area (Å²) in [6.45, 7) is 4.36. The minimum Gasteiger partial charge on any atom is -0.481 e. The molecular weight excluding hydrogens is 312 g/mol. The molecule has 0 saturated carbocycles. The first-order valence-corrected chi connectivity index (χ1v) is 8.99. The second-order valence-electron chi connectivity index (χ2n) is 5.72. The lowest BCUT2D eigenvalue weighted by Gasteiger charge is -2.11. The summed E-state index contributed by atoms with van der Waals surface area (Å²) in [4.78, 5) is 22.0. The monoisotopic (exact) mass is 338 g/mol. The van der Waals surface area contributed by atoms with Crippen LogP contribution in [0.25, 0.3) is 0 Å². The molecule has 0 aromatic heterocycles. The third kappa shape index (κ3) is 10.6. The van der Waals surface area contributed by atoms with E-state index in [1.54, 1.807) is 0 Å². The first kappa shape index (κ1) is 20.9. The Kier molecular flexibility index (Phi) is 10.0. The second kappa shape index (κ2) is 10.6. The van der Waals surface area contributed by atoms with Crippen molar-refractivity contribution >= 4 is 22.1 Å². The lowest BCUT2D eigenvalue weighted by Crippen LogP contribution is -2.34. The van der Waals surface area contributed by atoms with Crippen LogP contribution in [0.2, 0.25) is 0 Å². The summed E-state index contributed by atoms with van der Waals surface area (Å²) in [5.41, 5.74) is 0. The lowest BCUT2D eigenvalue weighted by molar-refractivity contribution is -0.147. The zero-order valence-corrected chi connectivity index (χ0v) is 14.0. The van der Waals surface area contributed by atoms with Gasteiger partial charge in [-0.05, 0) is 12.3 Å². The van der Waals surface area contributed by atoms with Crippen molar-refractivity contribution in [2.24, 2.45) is 5.92 Å². The molecule has 0 fully saturated rings. The van der Waals surface area contributed by atoms with E-state index in [0.717, 1.165) is 25.7 Å². The summed E-state index contributed by atoms with van der Waals surface area (Å²) in [5, 5.41) is 6.48. The van der Waals surface area contributed by atoms with Crippen molar-refractivity contribution in [3.05, 3.63) is 0 Å². The van der Waals surface area contributed by atoms with Crippen molar-refractivity contribution in [3.8, 4) is 0 Å². The fourth-order valence-corrected chi connectivity index (χ4v) is 2.58. The maximum Gasteiger partial charge on any atom is 0.327 e. The largest absolute Gasteiger partial charge is 0.481 e. The van der Waals surface area contributed by atoms with Crippen LogP contribution in [0.5, 0.6) is 0 Å². The fraction of sp³-hybridized carbons (Fsp3) is 0.857. The van der Waals surface area contributed by atoms with E-state index in [1.807, 2.05) is 0 Å². The van der Waals surface area contributed by atoms with E-state index in [9.17, 15) is 18.0 Å². The van der Waals surface area contributed by atoms with Gasteiger partial charge in [-0.15, -0.1) is 0 Å². The number of carboxylic acid groups (broad SMARTS) is 1. The molecule has 0 radical (unpaired) electrons. The summed E-state index contributed by atoms with van der Waals surface area (Å²) >= 11 is 0. The van der Waals surface area contributed by atoms with Crippen molar-refractivity contribution in [1.82, 2.24) is 0 Å². The topological polar surface area (TPSA) is 118 Å². The molecule has 0 aromatic carbocycles. The van der Waals surface area contributed by atoms with Gasteiger partial charge in [0.2, 0.25) is 0 Å². The number of unbranched alkanes of at least 4 members (excludes halogenated alkanes) is 4. The smallest absolute Gasteiger partial charge is 0.327 e. The molecule has 1 unspecified atom stereocenters. The Hall–Kier alpha value is -1.15. The number of rotatable bonds is 12. The molecule has 0 bridgehead atoms. The molecule has 0 rings (SSSR count). The van der Waals surface area contributed by atoms with Crippen LogP contribution in [0.4, 0.5) is 0 Å². The molecule has 0 aliphatic heterocycles. The van der Waals surface area contributed by atoms with Crippen LogP contribution in [0, 0.1) is 5.92 Å². The molecule has 8 heteroatoms. The molecule has 7 nitrogen and oxygen atoms in total. The Bertz CT molecular complexity index is 442. The van der Waals surface area contributed by atoms with Gasteiger partial charge in [0, 0.05) is 0 Å². The third-order valence-electron chi connectivity index (χ3n) is 3.15. The molecule has 0 saturated heterocycles. The number of carbonyl (C=O) groups is 2. The average molecular weight is 338 g/mol. The molecule has 0 spiro atoms. The number of esters is 1. The predicted molar refractivity (Wildman–Crippen MR) is 81.1 cm³/mol. The summed E-state index contributed by atoms with van der Waals surface area (Å²) in [7, 11) is -4.78. The molecule has 1 atom stereocenters. The maximum atomic E-state index is 11.5. The SMILES string of the molecule is CC(C)CCCCCCCOC(=O)C(CC(=O)O)S(=O)(=O)O. The predicted octanol–water partition coefficient (Wildman–Crippen LogP) is 2.26. The Morgan fingerprint density at radius 1 is 1.05 bits per heavy atom. The highest BCUT2D eigenvalue weighted by Gasteiger charge is 2.34. The molecular formula is C14H26O7S. The van der Waals surface area contributed by atoms with E-state index < -0.39 is 33.7 Å². The van der Waals surface area contributed by atoms with Gasteiger partial charge in [0.25, 0.3) is 10.1 Å². The maximum absolute atomic E-state index is 11.5. The van der Waals surface area contributed by atoms with Gasteiger partial charge in [-0.2, -0.15) is 8.42 Å². The number of ether oxygens (including phenoxy) is 1. The molecule has 130 valence electrons. The van der Waals surface area contributed by atoms with Crippen molar-refractivity contribution in [2.75, 3.05) is 6.61 Å². The summed E-state index contributed by atoms with van der Waals surface area (Å²) in [6, 6.07) is 0. The van der Waals surface area contributed by atoms with E-state index in [0.29, 0.717) is 12.3 Å². The molecule has 22 heavy (non-hydrogen) atoms. The summed E-state index contributed by atoms with van der Waals surface area (Å²) < 4.78 is 35.5. The minimum absolute atomic E-state index is 0.0225. The first-order chi connectivity index (χ1) is 10.1. The Balaban J connectivity index is 3.93. The van der Waals surface area contributed by atoms with Crippen LogP contribution in [-0.4, -0.2) is 41.9 Å². The normalized spacial score (nSPS) is 13.1. The van der Waals surface area contributed by atoms with Gasteiger partial charge in [0.1, 0.15) is 0 Å². The van der Waals surface area contributed by atoms with E-state index in [2.05, 4.69) is 13.8 Å². The van der Waals surface area contributed by atoms with Crippen LogP contribution in [0.15, 0.2) is 0 Å². The lowest BCUT2D eigenvalue weighted by atomic mass is 10.0. The minimum atomic E-state index is -4.78. The zero-order valence-electron chi connectivity index (χ0n) is 13.2. The van der Waals surface area contributed by atoms with Gasteiger partial charge in [0.05, 0.1) is 13.0 Å². The van der Waals surface area contributed by atoms with E-state index in [4.69, 9.17) is 14.4 Å². The number of hydrogen-bond donors (Lipinski definition) is 2. The van der Waals surface area contributed by atoms with Crippen molar-refractivity contribution in [2.45, 2.75) is 64.0 Å². The van der Waals surface area contributed by atoms with E-state index in [1.165, 1.54) is 6.42 Å². The van der Waals surface area contributed by atoms with Gasteiger partial charge in [0.15, 0.2) is 5.25 Å². The van der Waals surface area contributed by atoms with Crippen LogP contribution < -0.4 is 0 Å². The zero-order chi connectivity index (χ0) is 17.2. The molecule has 2 N–H and O–H groups in total. The van der Waals surface area contributed by atoms with Crippen LogP contribution in [-0.2, 0) is 24.4 Å². The van der Waals surface area contributed by atoms with Crippen molar-refractivity contribution < 1.29 is 32.4 Å². The molecule has 0 heterocycles. The molecule has 0 aromatic rings. The Morgan fingerprint density at radius 2 is 1.59 bits per heavy atom.